The van der Waals surface area contributed by atoms with E-state index in [2.05, 4.69) is 20.8 Å². The van der Waals surface area contributed by atoms with Crippen LogP contribution in [0.15, 0.2) is 53.5 Å². The third kappa shape index (κ3) is 2.14. The van der Waals surface area contributed by atoms with E-state index in [1.165, 1.54) is 0 Å². The summed E-state index contributed by atoms with van der Waals surface area (Å²) >= 11 is 1.00. The minimum absolute atomic E-state index is 0.416. The first-order chi connectivity index (χ1) is 11.7. The number of aromatic nitrogens is 2. The maximum Gasteiger partial charge on any atom is 0.393 e. The number of carbonyl (C=O) groups excluding carboxylic acids is 1. The normalized spacial score (nSPS) is 17.1. The third-order valence-electron chi connectivity index (χ3n) is 4.30. The molecular weight excluding hydrogens is 322 g/mol. The van der Waals surface area contributed by atoms with Crippen LogP contribution in [0.2, 0.25) is 0 Å². The molecule has 0 fully saturated rings. The lowest BCUT2D eigenvalue weighted by molar-refractivity contribution is 0.180. The standard InChI is InChI=1S/C18H15N3O2S/c1-3-11-10-21-15-7-8-19-9-14(15)12-5-4-6-13(17(12)21)16(11)20-23-18(22)24-2/h3-9H,10H2,1-2H3/b11-3+,20-16+. The molecule has 0 radical (unpaired) electrons. The number of rotatable bonds is 1. The highest BCUT2D eigenvalue weighted by Crippen LogP contribution is 2.35. The number of pyridine rings is 1. The molecule has 0 amide bonds. The number of thioether (sulfide) groups is 1. The molecule has 0 atom stereocenters. The van der Waals surface area contributed by atoms with E-state index in [0.717, 1.165) is 44.7 Å². The molecule has 0 saturated carbocycles. The molecule has 0 saturated heterocycles. The van der Waals surface area contributed by atoms with E-state index in [-0.39, 0.29) is 0 Å². The Morgan fingerprint density at radius 2 is 2.25 bits per heavy atom. The van der Waals surface area contributed by atoms with Crippen LogP contribution < -0.4 is 0 Å². The summed E-state index contributed by atoms with van der Waals surface area (Å²) in [5.74, 6) is 0. The second kappa shape index (κ2) is 5.79. The summed E-state index contributed by atoms with van der Waals surface area (Å²) in [6.45, 7) is 2.66. The number of para-hydroxylation sites is 1. The number of benzene rings is 1. The molecule has 1 aromatic carbocycles. The van der Waals surface area contributed by atoms with Crippen LogP contribution in [-0.4, -0.2) is 26.8 Å². The predicted octanol–water partition coefficient (Wildman–Crippen LogP) is 4.35. The second-order valence-corrected chi connectivity index (χ2v) is 6.22. The molecule has 2 aromatic heterocycles. The molecule has 4 rings (SSSR count). The third-order valence-corrected chi connectivity index (χ3v) is 4.71. The van der Waals surface area contributed by atoms with Crippen molar-refractivity contribution in [2.24, 2.45) is 5.16 Å². The van der Waals surface area contributed by atoms with Crippen LogP contribution >= 0.6 is 11.8 Å². The van der Waals surface area contributed by atoms with Gasteiger partial charge in [-0.25, -0.2) is 4.79 Å². The van der Waals surface area contributed by atoms with Crippen LogP contribution in [0, 0.1) is 0 Å². The van der Waals surface area contributed by atoms with E-state index in [1.807, 2.05) is 43.6 Å². The van der Waals surface area contributed by atoms with E-state index in [9.17, 15) is 4.79 Å². The summed E-state index contributed by atoms with van der Waals surface area (Å²) in [4.78, 5) is 20.8. The second-order valence-electron chi connectivity index (χ2n) is 5.48. The number of allylic oxidation sites excluding steroid dienone is 2. The fraction of sp³-hybridized carbons (Fsp3) is 0.167. The molecule has 0 unspecified atom stereocenters. The van der Waals surface area contributed by atoms with E-state index in [1.54, 1.807) is 6.26 Å². The zero-order valence-corrected chi connectivity index (χ0v) is 14.1. The van der Waals surface area contributed by atoms with Gasteiger partial charge in [0.05, 0.1) is 17.6 Å². The van der Waals surface area contributed by atoms with Crippen LogP contribution in [0.25, 0.3) is 21.8 Å². The Balaban J connectivity index is 2.02. The van der Waals surface area contributed by atoms with Gasteiger partial charge in [0.25, 0.3) is 0 Å². The van der Waals surface area contributed by atoms with E-state index in [4.69, 9.17) is 4.84 Å². The van der Waals surface area contributed by atoms with Crippen molar-refractivity contribution in [2.75, 3.05) is 6.26 Å². The molecule has 3 heterocycles. The maximum absolute atomic E-state index is 11.5. The van der Waals surface area contributed by atoms with Crippen molar-refractivity contribution in [1.82, 2.24) is 9.55 Å². The SMILES string of the molecule is C/C=C1\Cn2c3ccncc3c3cccc(c32)\C1=N\OC(=O)SC. The van der Waals surface area contributed by atoms with Gasteiger partial charge < -0.3 is 9.40 Å². The number of fused-ring (bicyclic) bond motifs is 3. The minimum Gasteiger partial charge on any atom is -0.335 e. The molecule has 120 valence electrons. The summed E-state index contributed by atoms with van der Waals surface area (Å²) in [6.07, 6.45) is 7.39. The van der Waals surface area contributed by atoms with E-state index >= 15 is 0 Å². The fourth-order valence-corrected chi connectivity index (χ4v) is 3.34. The van der Waals surface area contributed by atoms with Crippen molar-refractivity contribution in [2.45, 2.75) is 13.5 Å². The van der Waals surface area contributed by atoms with Gasteiger partial charge in [0.15, 0.2) is 0 Å². The number of hydrogen-bond donors (Lipinski definition) is 0. The number of hydrogen-bond acceptors (Lipinski definition) is 5. The summed E-state index contributed by atoms with van der Waals surface area (Å²) in [6, 6.07) is 8.13. The predicted molar refractivity (Wildman–Crippen MR) is 97.5 cm³/mol. The van der Waals surface area contributed by atoms with Gasteiger partial charge in [0.1, 0.15) is 5.71 Å². The average Bonchev–Trinajstić information content (AvgIpc) is 2.96. The summed E-state index contributed by atoms with van der Waals surface area (Å²) < 4.78 is 2.27. The van der Waals surface area contributed by atoms with Crippen molar-refractivity contribution in [3.05, 3.63) is 53.9 Å². The Morgan fingerprint density at radius 1 is 1.38 bits per heavy atom. The molecule has 3 aromatic rings. The van der Waals surface area contributed by atoms with Crippen molar-refractivity contribution in [3.8, 4) is 0 Å². The van der Waals surface area contributed by atoms with Crippen molar-refractivity contribution in [1.29, 1.82) is 0 Å². The molecular formula is C18H15N3O2S. The highest BCUT2D eigenvalue weighted by Gasteiger charge is 2.25. The zero-order chi connectivity index (χ0) is 16.7. The molecule has 1 aliphatic rings. The summed E-state index contributed by atoms with van der Waals surface area (Å²) in [5, 5.41) is 5.98. The van der Waals surface area contributed by atoms with Gasteiger partial charge in [-0.3, -0.25) is 4.98 Å². The number of oxime groups is 1. The largest absolute Gasteiger partial charge is 0.393 e. The lowest BCUT2D eigenvalue weighted by atomic mass is 9.97. The first kappa shape index (κ1) is 15.0. The van der Waals surface area contributed by atoms with Crippen LogP contribution in [-0.2, 0) is 11.4 Å². The zero-order valence-electron chi connectivity index (χ0n) is 13.3. The molecule has 6 heteroatoms. The van der Waals surface area contributed by atoms with Gasteiger partial charge in [0, 0.05) is 28.7 Å². The molecule has 24 heavy (non-hydrogen) atoms. The number of nitrogens with zero attached hydrogens (tertiary/aromatic N) is 3. The molecule has 0 N–H and O–H groups in total. The molecule has 0 spiro atoms. The monoisotopic (exact) mass is 337 g/mol. The lowest BCUT2D eigenvalue weighted by Crippen LogP contribution is -2.19. The Bertz CT molecular complexity index is 1030. The first-order valence-electron chi connectivity index (χ1n) is 7.58. The van der Waals surface area contributed by atoms with Crippen LogP contribution in [0.4, 0.5) is 4.79 Å². The molecule has 0 bridgehead atoms. The van der Waals surface area contributed by atoms with Crippen molar-refractivity contribution < 1.29 is 9.63 Å². The van der Waals surface area contributed by atoms with E-state index < -0.39 is 5.30 Å². The van der Waals surface area contributed by atoms with Crippen LogP contribution in [0.3, 0.4) is 0 Å². The van der Waals surface area contributed by atoms with Gasteiger partial charge >= 0.3 is 5.30 Å². The number of carbonyl (C=O) groups is 1. The lowest BCUT2D eigenvalue weighted by Gasteiger charge is -2.20. The Kier molecular flexibility index (Phi) is 3.61. The van der Waals surface area contributed by atoms with Gasteiger partial charge in [-0.15, -0.1) is 0 Å². The van der Waals surface area contributed by atoms with Gasteiger partial charge in [-0.05, 0) is 36.6 Å². The van der Waals surface area contributed by atoms with E-state index in [0.29, 0.717) is 12.3 Å². The van der Waals surface area contributed by atoms with Gasteiger partial charge in [0.2, 0.25) is 0 Å². The highest BCUT2D eigenvalue weighted by atomic mass is 32.2. The topological polar surface area (TPSA) is 56.5 Å². The molecule has 0 aliphatic carbocycles. The summed E-state index contributed by atoms with van der Waals surface area (Å²) in [5.41, 5.74) is 4.96. The minimum atomic E-state index is -0.416. The van der Waals surface area contributed by atoms with Crippen molar-refractivity contribution in [3.63, 3.8) is 0 Å². The quantitative estimate of drug-likeness (QED) is 0.489. The van der Waals surface area contributed by atoms with Crippen molar-refractivity contribution >= 4 is 44.6 Å². The van der Waals surface area contributed by atoms with Gasteiger partial charge in [-0.2, -0.15) is 0 Å². The smallest absolute Gasteiger partial charge is 0.335 e. The maximum atomic E-state index is 11.5. The highest BCUT2D eigenvalue weighted by molar-refractivity contribution is 8.12. The van der Waals surface area contributed by atoms with Crippen LogP contribution in [0.5, 0.6) is 0 Å². The Labute approximate surface area is 143 Å². The molecule has 1 aliphatic heterocycles. The van der Waals surface area contributed by atoms with Gasteiger partial charge in [-0.1, -0.05) is 29.4 Å². The van der Waals surface area contributed by atoms with Crippen LogP contribution in [0.1, 0.15) is 12.5 Å². The summed E-state index contributed by atoms with van der Waals surface area (Å²) in [7, 11) is 0. The molecule has 5 nitrogen and oxygen atoms in total. The Hall–Kier alpha value is -2.60. The average molecular weight is 337 g/mol. The Morgan fingerprint density at radius 3 is 3.04 bits per heavy atom. The first-order valence-corrected chi connectivity index (χ1v) is 8.81. The fourth-order valence-electron chi connectivity index (χ4n) is 3.23.